The molecule has 2 aromatic heterocycles. The van der Waals surface area contributed by atoms with Gasteiger partial charge in [0.05, 0.1) is 34.1 Å². The molecule has 6 rings (SSSR count). The van der Waals surface area contributed by atoms with Crippen molar-refractivity contribution in [2.75, 3.05) is 18.1 Å². The van der Waals surface area contributed by atoms with Crippen LogP contribution < -0.4 is 10.5 Å². The molecule has 0 radical (unpaired) electrons. The zero-order valence-electron chi connectivity index (χ0n) is 24.0. The third-order valence-corrected chi connectivity index (χ3v) is 11.2. The number of aromatic amines is 1. The second-order valence-electron chi connectivity index (χ2n) is 11.7. The Morgan fingerprint density at radius 1 is 1.24 bits per heavy atom. The van der Waals surface area contributed by atoms with Crippen molar-refractivity contribution in [3.8, 4) is 5.69 Å². The maximum atomic E-state index is 16.1. The summed E-state index contributed by atoms with van der Waals surface area (Å²) in [7, 11) is -3.35. The number of halogens is 1. The van der Waals surface area contributed by atoms with Crippen LogP contribution in [0.4, 0.5) is 9.80 Å². The van der Waals surface area contributed by atoms with E-state index in [1.165, 1.54) is 4.68 Å². The van der Waals surface area contributed by atoms with E-state index in [2.05, 4.69) is 22.0 Å². The van der Waals surface area contributed by atoms with Crippen molar-refractivity contribution >= 4 is 30.9 Å². The van der Waals surface area contributed by atoms with Crippen LogP contribution in [0, 0.1) is 5.92 Å². The summed E-state index contributed by atoms with van der Waals surface area (Å²) in [6.45, 7) is 9.76. The molecule has 2 N–H and O–H groups in total. The highest BCUT2D eigenvalue weighted by atomic mass is 28.4. The van der Waals surface area contributed by atoms with Gasteiger partial charge in [-0.15, -0.1) is 11.7 Å². The minimum Gasteiger partial charge on any atom is -0.396 e. The lowest BCUT2D eigenvalue weighted by Crippen LogP contribution is -2.45. The predicted octanol–water partition coefficient (Wildman–Crippen LogP) is 3.84. The molecule has 0 unspecified atom stereocenters. The number of ether oxygens (including phenoxy) is 1. The van der Waals surface area contributed by atoms with E-state index in [4.69, 9.17) is 4.74 Å². The molecule has 220 valence electrons. The molecule has 2 aliphatic heterocycles. The van der Waals surface area contributed by atoms with Crippen LogP contribution in [-0.2, 0) is 28.1 Å². The largest absolute Gasteiger partial charge is 0.396 e. The van der Waals surface area contributed by atoms with Crippen LogP contribution in [0.25, 0.3) is 16.6 Å². The molecule has 2 aromatic carbocycles. The van der Waals surface area contributed by atoms with Gasteiger partial charge in [0.25, 0.3) is 11.5 Å². The Morgan fingerprint density at radius 3 is 2.74 bits per heavy atom. The number of nitrogens with zero attached hydrogens (tertiary/aromatic N) is 5. The number of fused-ring (bicyclic) bond motifs is 3. The van der Waals surface area contributed by atoms with E-state index >= 15 is 4.11 Å². The zero-order chi connectivity index (χ0) is 29.8. The zero-order valence-corrected chi connectivity index (χ0v) is 25.0. The molecule has 1 saturated heterocycles. The summed E-state index contributed by atoms with van der Waals surface area (Å²) in [4.78, 5) is 29.2. The Hall–Kier alpha value is -3.87. The average Bonchev–Trinajstić information content (AvgIpc) is 3.68. The van der Waals surface area contributed by atoms with Crippen molar-refractivity contribution in [2.45, 2.75) is 56.7 Å². The first-order chi connectivity index (χ1) is 20.1. The standard InChI is InChI=1S/C30H35FN6O4Si/c1-5-14-36-25-11-10-21(37-28(39)22-8-6-7-9-24(22)33-37)17-23(25)30(29(36)40)19(2)27(42(3,4)31)26(41-30)12-15-35-18-20(13-16-38)32-34-35/h5-11,17-19,26-27,33,38H,1,12-16H2,2-4H3/t19-,26+,27-,30+/m0/s1. The van der Waals surface area contributed by atoms with Crippen molar-refractivity contribution in [2.24, 2.45) is 5.92 Å². The fourth-order valence-electron chi connectivity index (χ4n) is 6.93. The van der Waals surface area contributed by atoms with Crippen LogP contribution in [0.2, 0.25) is 18.6 Å². The summed E-state index contributed by atoms with van der Waals surface area (Å²) >= 11 is 0. The first-order valence-corrected chi connectivity index (χ1v) is 17.2. The normalized spacial score (nSPS) is 23.8. The number of anilines is 1. The summed E-state index contributed by atoms with van der Waals surface area (Å²) in [6, 6.07) is 12.7. The molecule has 0 aliphatic carbocycles. The summed E-state index contributed by atoms with van der Waals surface area (Å²) in [6.07, 6.45) is 3.72. The number of hydrogen-bond acceptors (Lipinski definition) is 6. The van der Waals surface area contributed by atoms with Crippen LogP contribution in [0.5, 0.6) is 0 Å². The van der Waals surface area contributed by atoms with Crippen LogP contribution >= 0.6 is 0 Å². The van der Waals surface area contributed by atoms with Crippen molar-refractivity contribution in [1.82, 2.24) is 24.8 Å². The van der Waals surface area contributed by atoms with Crippen molar-refractivity contribution in [3.63, 3.8) is 0 Å². The third kappa shape index (κ3) is 4.36. The number of amides is 1. The maximum absolute atomic E-state index is 16.1. The first-order valence-electron chi connectivity index (χ1n) is 14.2. The topological polar surface area (TPSA) is 118 Å². The number of aliphatic hydroxyl groups is 1. The molecule has 4 atom stereocenters. The average molecular weight is 591 g/mol. The molecule has 1 fully saturated rings. The second-order valence-corrected chi connectivity index (χ2v) is 15.5. The van der Waals surface area contributed by atoms with E-state index < -0.39 is 31.6 Å². The van der Waals surface area contributed by atoms with Gasteiger partial charge in [0.1, 0.15) is 0 Å². The molecular weight excluding hydrogens is 555 g/mol. The Morgan fingerprint density at radius 2 is 2.02 bits per heavy atom. The maximum Gasteiger partial charge on any atom is 0.279 e. The molecule has 1 amide bonds. The second kappa shape index (κ2) is 10.4. The lowest BCUT2D eigenvalue weighted by Gasteiger charge is -2.31. The Labute approximate surface area is 243 Å². The number of aryl methyl sites for hydroxylation is 1. The third-order valence-electron chi connectivity index (χ3n) is 8.70. The van der Waals surface area contributed by atoms with E-state index in [-0.39, 0.29) is 24.6 Å². The van der Waals surface area contributed by atoms with Gasteiger partial charge in [-0.1, -0.05) is 30.3 Å². The van der Waals surface area contributed by atoms with Gasteiger partial charge < -0.3 is 18.9 Å². The van der Waals surface area contributed by atoms with Gasteiger partial charge in [0, 0.05) is 49.3 Å². The molecule has 10 nitrogen and oxygen atoms in total. The smallest absolute Gasteiger partial charge is 0.279 e. The molecule has 4 aromatic rings. The number of aliphatic hydroxyl groups excluding tert-OH is 1. The van der Waals surface area contributed by atoms with E-state index in [1.807, 2.05) is 37.3 Å². The van der Waals surface area contributed by atoms with Crippen molar-refractivity contribution in [3.05, 3.63) is 82.9 Å². The van der Waals surface area contributed by atoms with Gasteiger partial charge in [-0.3, -0.25) is 19.4 Å². The molecule has 1 spiro atoms. The molecule has 4 heterocycles. The van der Waals surface area contributed by atoms with Crippen LogP contribution in [0.15, 0.2) is 66.1 Å². The molecule has 0 saturated carbocycles. The number of carbonyl (C=O) groups excluding carboxylic acids is 1. The van der Waals surface area contributed by atoms with Gasteiger partial charge in [0.2, 0.25) is 8.41 Å². The summed E-state index contributed by atoms with van der Waals surface area (Å²) in [5, 5.41) is 21.2. The number of hydrogen-bond donors (Lipinski definition) is 2. The van der Waals surface area contributed by atoms with Gasteiger partial charge in [0.15, 0.2) is 5.60 Å². The highest BCUT2D eigenvalue weighted by Crippen LogP contribution is 2.60. The van der Waals surface area contributed by atoms with Gasteiger partial charge >= 0.3 is 0 Å². The van der Waals surface area contributed by atoms with Crippen LogP contribution in [-0.4, -0.2) is 63.5 Å². The first kappa shape index (κ1) is 28.3. The van der Waals surface area contributed by atoms with E-state index in [1.54, 1.807) is 47.1 Å². The Kier molecular flexibility index (Phi) is 7.02. The van der Waals surface area contributed by atoms with E-state index in [0.29, 0.717) is 52.9 Å². The number of nitrogens with one attached hydrogen (secondary N) is 1. The number of aromatic nitrogens is 5. The number of carbonyl (C=O) groups is 1. The number of para-hydroxylation sites is 1. The van der Waals surface area contributed by atoms with Gasteiger partial charge in [-0.2, -0.15) is 0 Å². The van der Waals surface area contributed by atoms with Crippen LogP contribution in [0.3, 0.4) is 0 Å². The van der Waals surface area contributed by atoms with Gasteiger partial charge in [-0.25, -0.2) is 4.68 Å². The number of H-pyrrole nitrogens is 1. The van der Waals surface area contributed by atoms with E-state index in [0.717, 1.165) is 0 Å². The van der Waals surface area contributed by atoms with E-state index in [9.17, 15) is 14.7 Å². The summed E-state index contributed by atoms with van der Waals surface area (Å²) < 4.78 is 26.1. The highest BCUT2D eigenvalue weighted by Gasteiger charge is 2.66. The lowest BCUT2D eigenvalue weighted by atomic mass is 9.82. The SMILES string of the molecule is C=CCN1C(=O)[C@]2(O[C@H](CCn3cc(CCO)nn3)[C@@H]([Si](C)(C)F)[C@@H]2C)c2cc(-n3[nH]c4ccccc4c3=O)ccc21. The Bertz CT molecular complexity index is 1720. The predicted molar refractivity (Wildman–Crippen MR) is 160 cm³/mol. The molecule has 0 bridgehead atoms. The molecule has 42 heavy (non-hydrogen) atoms. The van der Waals surface area contributed by atoms with Crippen LogP contribution in [0.1, 0.15) is 24.6 Å². The fourth-order valence-corrected chi connectivity index (χ4v) is 9.47. The molecule has 2 aliphatic rings. The highest BCUT2D eigenvalue weighted by molar-refractivity contribution is 6.72. The van der Waals surface area contributed by atoms with Crippen molar-refractivity contribution in [1.29, 1.82) is 0 Å². The Balaban J connectivity index is 1.43. The minimum absolute atomic E-state index is 0.0243. The fraction of sp³-hybridized carbons (Fsp3) is 0.400. The lowest BCUT2D eigenvalue weighted by molar-refractivity contribution is -0.145. The quantitative estimate of drug-likeness (QED) is 0.174. The van der Waals surface area contributed by atoms with Crippen molar-refractivity contribution < 1.29 is 18.7 Å². The monoisotopic (exact) mass is 590 g/mol. The number of benzene rings is 2. The van der Waals surface area contributed by atoms with Gasteiger partial charge in [-0.05, 0) is 49.8 Å². The summed E-state index contributed by atoms with van der Waals surface area (Å²) in [5.74, 6) is -0.714. The minimum atomic E-state index is -3.35. The molecule has 12 heteroatoms. The summed E-state index contributed by atoms with van der Waals surface area (Å²) in [5.41, 5.74) is 1.14. The number of rotatable bonds is 9. The molecular formula is C30H35FN6O4Si.